The van der Waals surface area contributed by atoms with Crippen LogP contribution in [0.25, 0.3) is 0 Å². The molecule has 2 aromatic rings. The Balaban J connectivity index is 1.78. The zero-order chi connectivity index (χ0) is 36.0. The van der Waals surface area contributed by atoms with Gasteiger partial charge in [0.1, 0.15) is 17.5 Å². The van der Waals surface area contributed by atoms with Gasteiger partial charge < -0.3 is 37.5 Å². The fourth-order valence-corrected chi connectivity index (χ4v) is 6.59. The van der Waals surface area contributed by atoms with E-state index in [1.54, 1.807) is 38.1 Å². The van der Waals surface area contributed by atoms with Crippen LogP contribution in [0, 0.1) is 5.92 Å². The molecule has 0 aliphatic heterocycles. The highest BCUT2D eigenvalue weighted by atomic mass is 32.2. The summed E-state index contributed by atoms with van der Waals surface area (Å²) >= 11 is 1.23. The number of halogens is 3. The van der Waals surface area contributed by atoms with E-state index in [1.165, 1.54) is 23.9 Å². The van der Waals surface area contributed by atoms with Crippen molar-refractivity contribution in [3.05, 3.63) is 42.0 Å². The predicted octanol–water partition coefficient (Wildman–Crippen LogP) is 5.67. The van der Waals surface area contributed by atoms with Crippen molar-refractivity contribution in [2.24, 2.45) is 23.2 Å². The number of amides is 3. The number of hydrazine groups is 1. The third-order valence-electron chi connectivity index (χ3n) is 8.30. The van der Waals surface area contributed by atoms with Crippen LogP contribution in [0.1, 0.15) is 71.3 Å². The van der Waals surface area contributed by atoms with Gasteiger partial charge in [0.25, 0.3) is 5.92 Å². The van der Waals surface area contributed by atoms with E-state index in [0.717, 1.165) is 19.9 Å². The van der Waals surface area contributed by atoms with Crippen LogP contribution in [-0.4, -0.2) is 61.7 Å². The Labute approximate surface area is 291 Å². The molecule has 11 N–H and O–H groups in total. The van der Waals surface area contributed by atoms with Crippen LogP contribution in [0.3, 0.4) is 0 Å². The van der Waals surface area contributed by atoms with Crippen LogP contribution >= 0.6 is 11.8 Å². The summed E-state index contributed by atoms with van der Waals surface area (Å²) in [5.41, 5.74) is 12.8. The third-order valence-corrected chi connectivity index (χ3v) is 9.47. The Morgan fingerprint density at radius 3 is 2.31 bits per heavy atom. The van der Waals surface area contributed by atoms with Crippen molar-refractivity contribution in [1.29, 1.82) is 0 Å². The average Bonchev–Trinajstić information content (AvgIpc) is 3.02. The Hall–Kier alpha value is -3.08. The van der Waals surface area contributed by atoms with Crippen molar-refractivity contribution in [2.45, 2.75) is 94.3 Å². The summed E-state index contributed by atoms with van der Waals surface area (Å²) in [4.78, 5) is 26.4. The quantitative estimate of drug-likeness (QED) is 0.0395. The second kappa shape index (κ2) is 19.3. The first-order chi connectivity index (χ1) is 23.2. The molecule has 15 heteroatoms. The van der Waals surface area contributed by atoms with Gasteiger partial charge in [0.05, 0.1) is 16.3 Å². The predicted molar refractivity (Wildman–Crippen MR) is 192 cm³/mol. The third kappa shape index (κ3) is 13.6. The number of unbranched alkanes of at least 4 members (excludes halogenated alkanes) is 1. The summed E-state index contributed by atoms with van der Waals surface area (Å²) in [6.07, 6.45) is 3.88. The van der Waals surface area contributed by atoms with Crippen LogP contribution in [0.4, 0.5) is 35.0 Å². The minimum atomic E-state index is -3.25. The number of nitrogens with one attached hydrogen (secondary N) is 5. The maximum absolute atomic E-state index is 15.1. The molecular weight excluding hydrogens is 657 g/mol. The van der Waals surface area contributed by atoms with Gasteiger partial charge in [0.2, 0.25) is 5.91 Å². The molecule has 1 aliphatic rings. The van der Waals surface area contributed by atoms with Gasteiger partial charge in [-0.05, 0) is 95.6 Å². The molecule has 3 rings (SSSR count). The topological polar surface area (TPSA) is 182 Å². The number of alkyl halides is 3. The summed E-state index contributed by atoms with van der Waals surface area (Å²) < 4.78 is 50.6. The maximum Gasteiger partial charge on any atom is 0.323 e. The first-order valence-corrected chi connectivity index (χ1v) is 17.8. The zero-order valence-electron chi connectivity index (χ0n) is 28.7. The van der Waals surface area contributed by atoms with Crippen LogP contribution in [0.15, 0.2) is 41.3 Å². The number of carbonyl (C=O) groups excluding carboxylic acids is 2. The number of anilines is 3. The van der Waals surface area contributed by atoms with E-state index in [0.29, 0.717) is 67.3 Å². The second-order valence-corrected chi connectivity index (χ2v) is 14.1. The van der Waals surface area contributed by atoms with Gasteiger partial charge in [0, 0.05) is 55.5 Å². The molecule has 2 aromatic carbocycles. The highest BCUT2D eigenvalue weighted by Crippen LogP contribution is 2.41. The van der Waals surface area contributed by atoms with Crippen LogP contribution in [0.2, 0.25) is 0 Å². The van der Waals surface area contributed by atoms with Crippen molar-refractivity contribution < 1.29 is 27.5 Å². The molecule has 274 valence electrons. The van der Waals surface area contributed by atoms with E-state index < -0.39 is 17.6 Å². The van der Waals surface area contributed by atoms with E-state index in [2.05, 4.69) is 26.7 Å². The molecule has 3 unspecified atom stereocenters. The molecule has 0 spiro atoms. The van der Waals surface area contributed by atoms with E-state index in [9.17, 15) is 18.4 Å². The lowest BCUT2D eigenvalue weighted by molar-refractivity contribution is -0.116. The van der Waals surface area contributed by atoms with Crippen molar-refractivity contribution in [2.75, 3.05) is 47.9 Å². The SMILES string of the molecule is CC(F)(F)c1cc(NC(=O)CCCCNN)c(SCCN)c(NC(=O)Nc2cccc(OC3CC(NCCCN)CC(C(C)(C)F)C3)c2)c1. The van der Waals surface area contributed by atoms with E-state index in [4.69, 9.17) is 22.0 Å². The normalized spacial score (nSPS) is 18.2. The summed E-state index contributed by atoms with van der Waals surface area (Å²) in [6, 6.07) is 8.64. The number of benzene rings is 2. The number of urea groups is 1. The minimum Gasteiger partial charge on any atom is -0.490 e. The molecule has 1 saturated carbocycles. The van der Waals surface area contributed by atoms with E-state index in [1.807, 2.05) is 0 Å². The van der Waals surface area contributed by atoms with Gasteiger partial charge in [-0.3, -0.25) is 16.1 Å². The molecule has 1 fully saturated rings. The van der Waals surface area contributed by atoms with E-state index in [-0.39, 0.29) is 53.9 Å². The molecule has 0 heterocycles. The molecule has 0 aromatic heterocycles. The molecule has 1 aliphatic carbocycles. The number of hydrogen-bond donors (Lipinski definition) is 8. The van der Waals surface area contributed by atoms with Gasteiger partial charge in [-0.25, -0.2) is 18.0 Å². The highest BCUT2D eigenvalue weighted by Gasteiger charge is 2.38. The maximum atomic E-state index is 15.1. The van der Waals surface area contributed by atoms with Crippen molar-refractivity contribution in [3.63, 3.8) is 0 Å². The summed E-state index contributed by atoms with van der Waals surface area (Å²) in [7, 11) is 0. The number of rotatable bonds is 19. The Kier molecular flexibility index (Phi) is 15.9. The Morgan fingerprint density at radius 1 is 0.918 bits per heavy atom. The fourth-order valence-electron chi connectivity index (χ4n) is 5.73. The van der Waals surface area contributed by atoms with Gasteiger partial charge in [-0.15, -0.1) is 11.8 Å². The zero-order valence-corrected chi connectivity index (χ0v) is 29.5. The molecule has 0 radical (unpaired) electrons. The number of thioether (sulfide) groups is 1. The summed E-state index contributed by atoms with van der Waals surface area (Å²) in [6.45, 7) is 6.07. The Bertz CT molecular complexity index is 1360. The largest absolute Gasteiger partial charge is 0.490 e. The second-order valence-electron chi connectivity index (χ2n) is 13.0. The Morgan fingerprint density at radius 2 is 1.65 bits per heavy atom. The van der Waals surface area contributed by atoms with Gasteiger partial charge >= 0.3 is 6.03 Å². The van der Waals surface area contributed by atoms with E-state index >= 15 is 4.39 Å². The van der Waals surface area contributed by atoms with Crippen LogP contribution in [0.5, 0.6) is 5.75 Å². The number of hydrogen-bond acceptors (Lipinski definition) is 9. The minimum absolute atomic E-state index is 0.0816. The molecular formula is C34H53F3N8O3S. The fraction of sp³-hybridized carbons (Fsp3) is 0.588. The average molecular weight is 711 g/mol. The molecule has 11 nitrogen and oxygen atoms in total. The molecule has 0 bridgehead atoms. The summed E-state index contributed by atoms with van der Waals surface area (Å²) in [5.74, 6) is 2.39. The van der Waals surface area contributed by atoms with Gasteiger partial charge in [-0.2, -0.15) is 0 Å². The molecule has 0 saturated heterocycles. The van der Waals surface area contributed by atoms with Crippen molar-refractivity contribution in [1.82, 2.24) is 10.7 Å². The lowest BCUT2D eigenvalue weighted by Gasteiger charge is -2.39. The highest BCUT2D eigenvalue weighted by molar-refractivity contribution is 7.99. The standard InChI is InChI=1S/C34H53F3N8O3S/c1-33(2,35)22-16-25(41-13-7-11-38)21-27(17-22)48-26-9-6-8-24(20-26)43-32(47)45-29-19-23(34(3,36)37)18-28(31(29)49-15-12-39)44-30(46)10-4-5-14-42-40/h6,8-9,18-20,22,25,27,41-42H,4-5,7,10-17,21,38-40H2,1-3H3,(H,44,46)(H2,43,45,47). The smallest absolute Gasteiger partial charge is 0.323 e. The number of nitrogens with two attached hydrogens (primary N) is 3. The van der Waals surface area contributed by atoms with Crippen LogP contribution < -0.4 is 48.7 Å². The summed E-state index contributed by atoms with van der Waals surface area (Å²) in [5, 5.41) is 11.7. The van der Waals surface area contributed by atoms with Gasteiger partial charge in [0.15, 0.2) is 0 Å². The van der Waals surface area contributed by atoms with Crippen LogP contribution in [-0.2, 0) is 10.7 Å². The first kappa shape index (κ1) is 40.4. The molecule has 3 atom stereocenters. The lowest BCUT2D eigenvalue weighted by atomic mass is 9.76. The first-order valence-electron chi connectivity index (χ1n) is 16.8. The van der Waals surface area contributed by atoms with Crippen molar-refractivity contribution in [3.8, 4) is 5.75 Å². The van der Waals surface area contributed by atoms with Gasteiger partial charge in [-0.1, -0.05) is 6.07 Å². The molecule has 3 amide bonds. The van der Waals surface area contributed by atoms with Crippen molar-refractivity contribution >= 4 is 40.8 Å². The molecule has 49 heavy (non-hydrogen) atoms. The lowest BCUT2D eigenvalue weighted by Crippen LogP contribution is -2.46. The number of ether oxygens (including phenoxy) is 1. The monoisotopic (exact) mass is 710 g/mol. The number of carbonyl (C=O) groups is 2.